The molecule has 0 N–H and O–H groups in total. The predicted octanol–water partition coefficient (Wildman–Crippen LogP) is 1.49. The van der Waals surface area contributed by atoms with Gasteiger partial charge < -0.3 is 4.74 Å². The fraction of sp³-hybridized carbons (Fsp3) is 0.600. The number of halogens is 1. The van der Waals surface area contributed by atoms with E-state index in [2.05, 4.69) is 4.98 Å². The number of hydrogen-bond donors (Lipinski definition) is 0. The Kier molecular flexibility index (Phi) is 4.29. The maximum atomic E-state index is 11.7. The molecule has 1 rings (SSSR count). The van der Waals surface area contributed by atoms with E-state index in [0.717, 1.165) is 0 Å². The third kappa shape index (κ3) is 3.04. The molecule has 1 unspecified atom stereocenters. The first-order valence-electron chi connectivity index (χ1n) is 4.87. The SMILES string of the molecule is CCc1nc(Cl)cc(=O)n1CC(C)OC. The van der Waals surface area contributed by atoms with Crippen molar-refractivity contribution in [1.29, 1.82) is 0 Å². The Morgan fingerprint density at radius 2 is 2.33 bits per heavy atom. The topological polar surface area (TPSA) is 44.1 Å². The van der Waals surface area contributed by atoms with Crippen molar-refractivity contribution in [2.75, 3.05) is 7.11 Å². The van der Waals surface area contributed by atoms with Crippen molar-refractivity contribution in [2.24, 2.45) is 0 Å². The fourth-order valence-electron chi connectivity index (χ4n) is 1.32. The summed E-state index contributed by atoms with van der Waals surface area (Å²) in [6, 6.07) is 1.32. The van der Waals surface area contributed by atoms with E-state index < -0.39 is 0 Å². The highest BCUT2D eigenvalue weighted by molar-refractivity contribution is 6.29. The van der Waals surface area contributed by atoms with Crippen molar-refractivity contribution in [2.45, 2.75) is 32.9 Å². The summed E-state index contributed by atoms with van der Waals surface area (Å²) in [5, 5.41) is 0.248. The average Bonchev–Trinajstić information content (AvgIpc) is 2.21. The Balaban J connectivity index is 3.10. The molecule has 0 spiro atoms. The van der Waals surface area contributed by atoms with Crippen LogP contribution in [0.15, 0.2) is 10.9 Å². The minimum Gasteiger partial charge on any atom is -0.380 e. The average molecular weight is 231 g/mol. The summed E-state index contributed by atoms with van der Waals surface area (Å²) in [7, 11) is 1.62. The molecule has 0 bridgehead atoms. The van der Waals surface area contributed by atoms with Gasteiger partial charge in [0, 0.05) is 19.6 Å². The molecule has 0 aliphatic heterocycles. The van der Waals surface area contributed by atoms with E-state index in [1.165, 1.54) is 6.07 Å². The van der Waals surface area contributed by atoms with Crippen LogP contribution in [0.5, 0.6) is 0 Å². The summed E-state index contributed by atoms with van der Waals surface area (Å²) in [6.45, 7) is 4.34. The predicted molar refractivity (Wildman–Crippen MR) is 59.4 cm³/mol. The Morgan fingerprint density at radius 1 is 1.67 bits per heavy atom. The highest BCUT2D eigenvalue weighted by Crippen LogP contribution is 2.04. The van der Waals surface area contributed by atoms with Crippen LogP contribution in [0.1, 0.15) is 19.7 Å². The molecule has 0 radical (unpaired) electrons. The molecule has 0 aromatic carbocycles. The lowest BCUT2D eigenvalue weighted by Crippen LogP contribution is -2.29. The fourth-order valence-corrected chi connectivity index (χ4v) is 1.51. The first kappa shape index (κ1) is 12.2. The lowest BCUT2D eigenvalue weighted by Gasteiger charge is -2.14. The smallest absolute Gasteiger partial charge is 0.255 e. The Morgan fingerprint density at radius 3 is 2.87 bits per heavy atom. The van der Waals surface area contributed by atoms with Crippen molar-refractivity contribution < 1.29 is 4.74 Å². The van der Waals surface area contributed by atoms with Gasteiger partial charge in [-0.25, -0.2) is 4.98 Å². The normalized spacial score (nSPS) is 12.8. The molecule has 0 fully saturated rings. The largest absolute Gasteiger partial charge is 0.380 e. The second-order valence-corrected chi connectivity index (χ2v) is 3.73. The van der Waals surface area contributed by atoms with Crippen LogP contribution in [0.3, 0.4) is 0 Å². The molecule has 5 heteroatoms. The summed E-state index contributed by atoms with van der Waals surface area (Å²) in [6.07, 6.45) is 0.655. The number of rotatable bonds is 4. The Labute approximate surface area is 93.8 Å². The van der Waals surface area contributed by atoms with Crippen LogP contribution in [-0.4, -0.2) is 22.8 Å². The number of nitrogens with zero attached hydrogens (tertiary/aromatic N) is 2. The van der Waals surface area contributed by atoms with Crippen LogP contribution in [-0.2, 0) is 17.7 Å². The number of aryl methyl sites for hydroxylation is 1. The third-order valence-electron chi connectivity index (χ3n) is 2.21. The van der Waals surface area contributed by atoms with E-state index in [-0.39, 0.29) is 16.8 Å². The molecule has 0 aliphatic rings. The van der Waals surface area contributed by atoms with E-state index in [9.17, 15) is 4.79 Å². The van der Waals surface area contributed by atoms with Crippen LogP contribution >= 0.6 is 11.6 Å². The highest BCUT2D eigenvalue weighted by atomic mass is 35.5. The second-order valence-electron chi connectivity index (χ2n) is 3.34. The number of aromatic nitrogens is 2. The summed E-state index contributed by atoms with van der Waals surface area (Å²) < 4.78 is 6.72. The quantitative estimate of drug-likeness (QED) is 0.737. The lowest BCUT2D eigenvalue weighted by atomic mass is 10.3. The summed E-state index contributed by atoms with van der Waals surface area (Å²) in [4.78, 5) is 15.8. The van der Waals surface area contributed by atoms with E-state index in [1.54, 1.807) is 11.7 Å². The molecule has 1 heterocycles. The minimum absolute atomic E-state index is 0.0176. The highest BCUT2D eigenvalue weighted by Gasteiger charge is 2.09. The van der Waals surface area contributed by atoms with Crippen molar-refractivity contribution in [1.82, 2.24) is 9.55 Å². The van der Waals surface area contributed by atoms with Gasteiger partial charge in [-0.3, -0.25) is 9.36 Å². The number of ether oxygens (including phenoxy) is 1. The van der Waals surface area contributed by atoms with Gasteiger partial charge in [0.2, 0.25) is 0 Å². The molecule has 0 aliphatic carbocycles. The van der Waals surface area contributed by atoms with Crippen LogP contribution in [0.2, 0.25) is 5.15 Å². The third-order valence-corrected chi connectivity index (χ3v) is 2.41. The van der Waals surface area contributed by atoms with Gasteiger partial charge in [-0.2, -0.15) is 0 Å². The molecular formula is C10H15ClN2O2. The Bertz CT molecular complexity index is 389. The van der Waals surface area contributed by atoms with Gasteiger partial charge in [0.1, 0.15) is 11.0 Å². The first-order valence-corrected chi connectivity index (χ1v) is 5.25. The maximum Gasteiger partial charge on any atom is 0.255 e. The zero-order valence-electron chi connectivity index (χ0n) is 9.16. The van der Waals surface area contributed by atoms with Gasteiger partial charge in [0.05, 0.1) is 12.6 Å². The number of hydrogen-bond acceptors (Lipinski definition) is 3. The summed E-state index contributed by atoms with van der Waals surface area (Å²) >= 11 is 5.72. The van der Waals surface area contributed by atoms with E-state index in [4.69, 9.17) is 16.3 Å². The van der Waals surface area contributed by atoms with E-state index in [0.29, 0.717) is 18.8 Å². The molecule has 1 atom stereocenters. The van der Waals surface area contributed by atoms with Crippen LogP contribution in [0.25, 0.3) is 0 Å². The minimum atomic E-state index is -0.129. The molecule has 0 saturated heterocycles. The zero-order valence-corrected chi connectivity index (χ0v) is 9.91. The standard InChI is InChI=1S/C10H15ClN2O2/c1-4-9-12-8(11)5-10(14)13(9)6-7(2)15-3/h5,7H,4,6H2,1-3H3. The van der Waals surface area contributed by atoms with Crippen molar-refractivity contribution in [3.05, 3.63) is 27.4 Å². The van der Waals surface area contributed by atoms with Crippen molar-refractivity contribution in [3.63, 3.8) is 0 Å². The first-order chi connectivity index (χ1) is 7.08. The maximum absolute atomic E-state index is 11.7. The number of methoxy groups -OCH3 is 1. The molecule has 84 valence electrons. The van der Waals surface area contributed by atoms with E-state index >= 15 is 0 Å². The molecule has 15 heavy (non-hydrogen) atoms. The molecule has 4 nitrogen and oxygen atoms in total. The van der Waals surface area contributed by atoms with Crippen LogP contribution in [0, 0.1) is 0 Å². The van der Waals surface area contributed by atoms with Gasteiger partial charge >= 0.3 is 0 Å². The molecule has 0 amide bonds. The Hall–Kier alpha value is -0.870. The molecule has 0 saturated carbocycles. The van der Waals surface area contributed by atoms with Gasteiger partial charge in [-0.1, -0.05) is 18.5 Å². The second kappa shape index (κ2) is 5.28. The van der Waals surface area contributed by atoms with Gasteiger partial charge in [-0.05, 0) is 6.92 Å². The van der Waals surface area contributed by atoms with Gasteiger partial charge in [-0.15, -0.1) is 0 Å². The van der Waals surface area contributed by atoms with Crippen molar-refractivity contribution in [3.8, 4) is 0 Å². The molecule has 1 aromatic rings. The lowest BCUT2D eigenvalue weighted by molar-refractivity contribution is 0.101. The monoisotopic (exact) mass is 230 g/mol. The van der Waals surface area contributed by atoms with Gasteiger partial charge in [0.15, 0.2) is 0 Å². The van der Waals surface area contributed by atoms with Gasteiger partial charge in [0.25, 0.3) is 5.56 Å². The van der Waals surface area contributed by atoms with Crippen molar-refractivity contribution >= 4 is 11.6 Å². The zero-order chi connectivity index (χ0) is 11.4. The summed E-state index contributed by atoms with van der Waals surface area (Å²) in [5.74, 6) is 0.691. The van der Waals surface area contributed by atoms with Crippen LogP contribution < -0.4 is 5.56 Å². The van der Waals surface area contributed by atoms with Crippen LogP contribution in [0.4, 0.5) is 0 Å². The summed E-state index contributed by atoms with van der Waals surface area (Å²) in [5.41, 5.74) is -0.129. The van der Waals surface area contributed by atoms with E-state index in [1.807, 2.05) is 13.8 Å². The molecule has 1 aromatic heterocycles. The molecular weight excluding hydrogens is 216 g/mol.